The SMILES string of the molecule is O=C(Nc1ccc(F)cc1F)C1CCc2nc(-c3ccccn3)sc2C1. The fourth-order valence-corrected chi connectivity index (χ4v) is 4.19. The molecule has 1 aliphatic carbocycles. The van der Waals surface area contributed by atoms with E-state index >= 15 is 0 Å². The zero-order valence-corrected chi connectivity index (χ0v) is 14.5. The molecule has 1 N–H and O–H groups in total. The van der Waals surface area contributed by atoms with Crippen molar-refractivity contribution >= 4 is 22.9 Å². The number of rotatable bonds is 3. The summed E-state index contributed by atoms with van der Waals surface area (Å²) < 4.78 is 26.7. The van der Waals surface area contributed by atoms with E-state index in [1.807, 2.05) is 18.2 Å². The van der Waals surface area contributed by atoms with Crippen molar-refractivity contribution in [1.29, 1.82) is 0 Å². The third-order valence-corrected chi connectivity index (χ3v) is 5.53. The third-order valence-electron chi connectivity index (χ3n) is 4.38. The van der Waals surface area contributed by atoms with Crippen LogP contribution in [-0.2, 0) is 17.6 Å². The predicted molar refractivity (Wildman–Crippen MR) is 95.8 cm³/mol. The number of fused-ring (bicyclic) bond motifs is 1. The minimum absolute atomic E-state index is 0.000626. The molecule has 1 aromatic carbocycles. The average molecular weight is 371 g/mol. The van der Waals surface area contributed by atoms with Crippen LogP contribution in [0.15, 0.2) is 42.6 Å². The summed E-state index contributed by atoms with van der Waals surface area (Å²) in [4.78, 5) is 22.5. The third kappa shape index (κ3) is 3.35. The van der Waals surface area contributed by atoms with Gasteiger partial charge in [-0.15, -0.1) is 11.3 Å². The van der Waals surface area contributed by atoms with E-state index < -0.39 is 11.6 Å². The van der Waals surface area contributed by atoms with Gasteiger partial charge in [0.2, 0.25) is 5.91 Å². The summed E-state index contributed by atoms with van der Waals surface area (Å²) >= 11 is 1.54. The summed E-state index contributed by atoms with van der Waals surface area (Å²) in [5.74, 6) is -1.96. The lowest BCUT2D eigenvalue weighted by Crippen LogP contribution is -2.28. The standard InChI is InChI=1S/C19H15F2N3OS/c20-12-5-7-14(13(21)10-12)23-18(25)11-4-6-15-17(9-11)26-19(24-15)16-3-1-2-8-22-16/h1-3,5,7-8,10-11H,4,6,9H2,(H,23,25). The zero-order valence-electron chi connectivity index (χ0n) is 13.7. The van der Waals surface area contributed by atoms with E-state index in [4.69, 9.17) is 0 Å². The second-order valence-corrected chi connectivity index (χ2v) is 7.24. The van der Waals surface area contributed by atoms with Crippen molar-refractivity contribution in [2.24, 2.45) is 5.92 Å². The number of aryl methyl sites for hydroxylation is 1. The molecule has 0 spiro atoms. The maximum absolute atomic E-state index is 13.7. The van der Waals surface area contributed by atoms with Crippen LogP contribution in [0.1, 0.15) is 17.0 Å². The normalized spacial score (nSPS) is 16.2. The minimum Gasteiger partial charge on any atom is -0.323 e. The van der Waals surface area contributed by atoms with Gasteiger partial charge >= 0.3 is 0 Å². The highest BCUT2D eigenvalue weighted by Gasteiger charge is 2.28. The van der Waals surface area contributed by atoms with Crippen LogP contribution in [0.2, 0.25) is 0 Å². The smallest absolute Gasteiger partial charge is 0.227 e. The molecule has 2 heterocycles. The molecule has 3 aromatic rings. The molecule has 0 aliphatic heterocycles. The monoisotopic (exact) mass is 371 g/mol. The Morgan fingerprint density at radius 1 is 1.23 bits per heavy atom. The van der Waals surface area contributed by atoms with Crippen LogP contribution >= 0.6 is 11.3 Å². The molecule has 0 saturated heterocycles. The second-order valence-electron chi connectivity index (χ2n) is 6.16. The molecule has 7 heteroatoms. The van der Waals surface area contributed by atoms with Gasteiger partial charge in [0.25, 0.3) is 0 Å². The predicted octanol–water partition coefficient (Wildman–Crippen LogP) is 4.23. The highest BCUT2D eigenvalue weighted by atomic mass is 32.1. The summed E-state index contributed by atoms with van der Waals surface area (Å²) in [6, 6.07) is 8.80. The number of halogens is 2. The van der Waals surface area contributed by atoms with Crippen molar-refractivity contribution in [3.63, 3.8) is 0 Å². The molecule has 4 rings (SSSR count). The topological polar surface area (TPSA) is 54.9 Å². The summed E-state index contributed by atoms with van der Waals surface area (Å²) in [5, 5.41) is 3.42. The van der Waals surface area contributed by atoms with Gasteiger partial charge in [-0.25, -0.2) is 13.8 Å². The van der Waals surface area contributed by atoms with E-state index in [9.17, 15) is 13.6 Å². The van der Waals surface area contributed by atoms with Gasteiger partial charge in [-0.05, 0) is 43.5 Å². The van der Waals surface area contributed by atoms with Crippen LogP contribution in [0.4, 0.5) is 14.5 Å². The first kappa shape index (κ1) is 16.8. The summed E-state index contributed by atoms with van der Waals surface area (Å²) in [6.07, 6.45) is 3.63. The Labute approximate surface area is 152 Å². The number of hydrogen-bond acceptors (Lipinski definition) is 4. The van der Waals surface area contributed by atoms with E-state index in [2.05, 4.69) is 15.3 Å². The summed E-state index contributed by atoms with van der Waals surface area (Å²) in [5.41, 5.74) is 1.83. The van der Waals surface area contributed by atoms with Gasteiger partial charge in [0.15, 0.2) is 0 Å². The van der Waals surface area contributed by atoms with Crippen LogP contribution in [0, 0.1) is 17.6 Å². The average Bonchev–Trinajstić information content (AvgIpc) is 3.08. The number of pyridine rings is 1. The van der Waals surface area contributed by atoms with Gasteiger partial charge in [-0.2, -0.15) is 0 Å². The Kier molecular flexibility index (Phi) is 4.46. The van der Waals surface area contributed by atoms with Crippen molar-refractivity contribution in [3.05, 3.63) is 64.8 Å². The summed E-state index contributed by atoms with van der Waals surface area (Å²) in [7, 11) is 0. The second kappa shape index (κ2) is 6.92. The quantitative estimate of drug-likeness (QED) is 0.750. The van der Waals surface area contributed by atoms with E-state index in [0.29, 0.717) is 19.3 Å². The molecular weight excluding hydrogens is 356 g/mol. The van der Waals surface area contributed by atoms with Crippen molar-refractivity contribution < 1.29 is 13.6 Å². The molecule has 26 heavy (non-hydrogen) atoms. The van der Waals surface area contributed by atoms with Crippen molar-refractivity contribution in [2.45, 2.75) is 19.3 Å². The van der Waals surface area contributed by atoms with Gasteiger partial charge < -0.3 is 5.32 Å². The van der Waals surface area contributed by atoms with Crippen molar-refractivity contribution in [1.82, 2.24) is 9.97 Å². The fourth-order valence-electron chi connectivity index (χ4n) is 3.02. The molecule has 1 unspecified atom stereocenters. The number of carbonyl (C=O) groups excluding carboxylic acids is 1. The molecule has 1 amide bonds. The van der Waals surface area contributed by atoms with Crippen molar-refractivity contribution in [2.75, 3.05) is 5.32 Å². The number of aromatic nitrogens is 2. The van der Waals surface area contributed by atoms with Crippen LogP contribution in [0.25, 0.3) is 10.7 Å². The number of thiazole rings is 1. The van der Waals surface area contributed by atoms with Crippen molar-refractivity contribution in [3.8, 4) is 10.7 Å². The maximum Gasteiger partial charge on any atom is 0.227 e. The highest BCUT2D eigenvalue weighted by molar-refractivity contribution is 7.15. The number of hydrogen-bond donors (Lipinski definition) is 1. The largest absolute Gasteiger partial charge is 0.323 e. The molecule has 0 bridgehead atoms. The summed E-state index contributed by atoms with van der Waals surface area (Å²) in [6.45, 7) is 0. The van der Waals surface area contributed by atoms with E-state index in [0.717, 1.165) is 33.4 Å². The maximum atomic E-state index is 13.7. The van der Waals surface area contributed by atoms with Crippen LogP contribution in [0.5, 0.6) is 0 Å². The van der Waals surface area contributed by atoms with E-state index in [1.54, 1.807) is 17.5 Å². The number of nitrogens with zero attached hydrogens (tertiary/aromatic N) is 2. The Morgan fingerprint density at radius 2 is 2.12 bits per heavy atom. The molecule has 1 atom stereocenters. The lowest BCUT2D eigenvalue weighted by molar-refractivity contribution is -0.120. The first-order chi connectivity index (χ1) is 12.6. The lowest BCUT2D eigenvalue weighted by atomic mass is 9.90. The molecular formula is C19H15F2N3OS. The molecule has 4 nitrogen and oxygen atoms in total. The van der Waals surface area contributed by atoms with Gasteiger partial charge in [0, 0.05) is 23.1 Å². The number of benzene rings is 1. The Balaban J connectivity index is 1.49. The van der Waals surface area contributed by atoms with Gasteiger partial charge in [0.1, 0.15) is 16.6 Å². The number of carbonyl (C=O) groups is 1. The van der Waals surface area contributed by atoms with Crippen LogP contribution < -0.4 is 5.32 Å². The highest BCUT2D eigenvalue weighted by Crippen LogP contribution is 2.34. The number of anilines is 1. The van der Waals surface area contributed by atoms with Gasteiger partial charge in [0.05, 0.1) is 17.1 Å². The molecule has 0 saturated carbocycles. The molecule has 1 aliphatic rings. The molecule has 2 aromatic heterocycles. The molecule has 0 fully saturated rings. The fraction of sp³-hybridized carbons (Fsp3) is 0.211. The Bertz CT molecular complexity index is 959. The van der Waals surface area contributed by atoms with Gasteiger partial charge in [-0.3, -0.25) is 9.78 Å². The first-order valence-corrected chi connectivity index (χ1v) is 9.07. The van der Waals surface area contributed by atoms with Crippen LogP contribution in [-0.4, -0.2) is 15.9 Å². The van der Waals surface area contributed by atoms with Crippen LogP contribution in [0.3, 0.4) is 0 Å². The zero-order chi connectivity index (χ0) is 18.1. The van der Waals surface area contributed by atoms with Gasteiger partial charge in [-0.1, -0.05) is 6.07 Å². The first-order valence-electron chi connectivity index (χ1n) is 8.26. The van der Waals surface area contributed by atoms with E-state index in [-0.39, 0.29) is 17.5 Å². The number of amides is 1. The number of nitrogens with one attached hydrogen (secondary N) is 1. The van der Waals surface area contributed by atoms with E-state index in [1.165, 1.54) is 6.07 Å². The minimum atomic E-state index is -0.773. The molecule has 132 valence electrons. The Morgan fingerprint density at radius 3 is 2.88 bits per heavy atom. The lowest BCUT2D eigenvalue weighted by Gasteiger charge is -2.20. The molecule has 0 radical (unpaired) electrons. The Hall–Kier alpha value is -2.67.